The number of aliphatic hydroxyl groups is 3. The largest absolute Gasteiger partial charge is 0.344 e. The SMILES string of the molecule is C[C@]12CC(=O)[C@H]3[C@@H](CCC4CCCC[C@@]43C)[C@@H]1CC[C@@H]2CC(O)(O)O. The molecule has 4 saturated carbocycles. The molecule has 1 unspecified atom stereocenters. The second-order valence-electron chi connectivity index (χ2n) is 10.2. The molecular formula is C21H34O4. The molecule has 4 fully saturated rings. The maximum absolute atomic E-state index is 13.4. The Morgan fingerprint density at radius 2 is 1.76 bits per heavy atom. The number of ketones is 1. The van der Waals surface area contributed by atoms with Crippen LogP contribution in [0.2, 0.25) is 0 Å². The van der Waals surface area contributed by atoms with E-state index in [-0.39, 0.29) is 29.1 Å². The summed E-state index contributed by atoms with van der Waals surface area (Å²) in [5.41, 5.74) is 0.00190. The summed E-state index contributed by atoms with van der Waals surface area (Å²) in [6.45, 7) is 4.56. The van der Waals surface area contributed by atoms with E-state index < -0.39 is 5.97 Å². The van der Waals surface area contributed by atoms with E-state index in [9.17, 15) is 20.1 Å². The van der Waals surface area contributed by atoms with Crippen LogP contribution in [0.1, 0.15) is 78.1 Å². The van der Waals surface area contributed by atoms with Gasteiger partial charge in [-0.3, -0.25) is 4.79 Å². The van der Waals surface area contributed by atoms with Gasteiger partial charge < -0.3 is 15.3 Å². The number of hydrogen-bond acceptors (Lipinski definition) is 4. The third kappa shape index (κ3) is 2.71. The summed E-state index contributed by atoms with van der Waals surface area (Å²) in [5.74, 6) is -0.305. The minimum absolute atomic E-state index is 0.0132. The zero-order valence-electron chi connectivity index (χ0n) is 15.7. The van der Waals surface area contributed by atoms with Crippen molar-refractivity contribution in [1.82, 2.24) is 0 Å². The highest BCUT2D eigenvalue weighted by Gasteiger charge is 2.63. The number of Topliss-reactive ketones (excluding diaryl/α,β-unsaturated/α-hetero) is 1. The molecule has 0 radical (unpaired) electrons. The van der Waals surface area contributed by atoms with Gasteiger partial charge in [-0.1, -0.05) is 26.7 Å². The molecular weight excluding hydrogens is 316 g/mol. The molecule has 0 bridgehead atoms. The Morgan fingerprint density at radius 3 is 2.48 bits per heavy atom. The van der Waals surface area contributed by atoms with Gasteiger partial charge in [-0.15, -0.1) is 0 Å². The molecule has 0 aromatic carbocycles. The Hall–Kier alpha value is -0.450. The Kier molecular flexibility index (Phi) is 4.14. The zero-order valence-corrected chi connectivity index (χ0v) is 15.7. The predicted octanol–water partition coefficient (Wildman–Crippen LogP) is 3.24. The molecule has 4 heteroatoms. The average Bonchev–Trinajstić information content (AvgIpc) is 2.81. The quantitative estimate of drug-likeness (QED) is 0.668. The van der Waals surface area contributed by atoms with Crippen LogP contribution in [0.3, 0.4) is 0 Å². The van der Waals surface area contributed by atoms with Crippen LogP contribution in [0.4, 0.5) is 0 Å². The van der Waals surface area contributed by atoms with Crippen LogP contribution in [0.5, 0.6) is 0 Å². The smallest absolute Gasteiger partial charge is 0.275 e. The Morgan fingerprint density at radius 1 is 1.00 bits per heavy atom. The van der Waals surface area contributed by atoms with Gasteiger partial charge in [0.1, 0.15) is 5.78 Å². The summed E-state index contributed by atoms with van der Waals surface area (Å²) in [7, 11) is 0. The highest BCUT2D eigenvalue weighted by atomic mass is 16.7. The molecule has 3 N–H and O–H groups in total. The molecule has 7 atom stereocenters. The summed E-state index contributed by atoms with van der Waals surface area (Å²) in [6.07, 6.45) is 9.96. The highest BCUT2D eigenvalue weighted by Crippen LogP contribution is 2.67. The van der Waals surface area contributed by atoms with Crippen molar-refractivity contribution < 1.29 is 20.1 Å². The van der Waals surface area contributed by atoms with Crippen molar-refractivity contribution in [2.75, 3.05) is 0 Å². The molecule has 4 rings (SSSR count). The highest BCUT2D eigenvalue weighted by molar-refractivity contribution is 5.84. The molecule has 25 heavy (non-hydrogen) atoms. The van der Waals surface area contributed by atoms with Crippen molar-refractivity contribution in [2.24, 2.45) is 40.4 Å². The van der Waals surface area contributed by atoms with Crippen LogP contribution in [0, 0.1) is 40.4 Å². The minimum atomic E-state index is -2.62. The number of carbonyl (C=O) groups is 1. The third-order valence-electron chi connectivity index (χ3n) is 8.98. The van der Waals surface area contributed by atoms with E-state index >= 15 is 0 Å². The maximum atomic E-state index is 13.4. The minimum Gasteiger partial charge on any atom is -0.344 e. The first-order valence-electron chi connectivity index (χ1n) is 10.3. The monoisotopic (exact) mass is 350 g/mol. The van der Waals surface area contributed by atoms with Gasteiger partial charge >= 0.3 is 0 Å². The molecule has 0 heterocycles. The lowest BCUT2D eigenvalue weighted by molar-refractivity contribution is -0.323. The van der Waals surface area contributed by atoms with E-state index in [4.69, 9.17) is 0 Å². The first-order valence-corrected chi connectivity index (χ1v) is 10.3. The number of fused-ring (bicyclic) bond motifs is 5. The standard InChI is InChI=1S/C21H34O4/c1-19-10-4-3-5-13(19)6-8-15-16-9-7-14(11-21(23,24)25)20(16,2)12-17(22)18(15)19/h13-16,18,23-25H,3-12H2,1-2H3/t13?,14-,15+,16+,18-,19+,20-/m1/s1. The lowest BCUT2D eigenvalue weighted by Gasteiger charge is -2.59. The van der Waals surface area contributed by atoms with Crippen molar-refractivity contribution in [3.63, 3.8) is 0 Å². The van der Waals surface area contributed by atoms with Crippen molar-refractivity contribution in [3.8, 4) is 0 Å². The van der Waals surface area contributed by atoms with E-state index in [2.05, 4.69) is 13.8 Å². The normalized spacial score (nSPS) is 50.1. The molecule has 0 aromatic heterocycles. The van der Waals surface area contributed by atoms with Crippen LogP contribution in [0.15, 0.2) is 0 Å². The molecule has 0 spiro atoms. The lowest BCUT2D eigenvalue weighted by atomic mass is 9.44. The van der Waals surface area contributed by atoms with Crippen LogP contribution in [0.25, 0.3) is 0 Å². The van der Waals surface area contributed by atoms with Crippen LogP contribution < -0.4 is 0 Å². The first kappa shape index (κ1) is 17.9. The van der Waals surface area contributed by atoms with Gasteiger partial charge in [0, 0.05) is 18.8 Å². The Labute approximate surface area is 151 Å². The van der Waals surface area contributed by atoms with Gasteiger partial charge in [-0.2, -0.15) is 0 Å². The van der Waals surface area contributed by atoms with Crippen LogP contribution in [-0.4, -0.2) is 27.1 Å². The first-order chi connectivity index (χ1) is 11.7. The third-order valence-corrected chi connectivity index (χ3v) is 8.98. The van der Waals surface area contributed by atoms with Crippen LogP contribution >= 0.6 is 0 Å². The van der Waals surface area contributed by atoms with Gasteiger partial charge in [-0.25, -0.2) is 0 Å². The van der Waals surface area contributed by atoms with Gasteiger partial charge in [-0.05, 0) is 73.0 Å². The zero-order chi connectivity index (χ0) is 18.0. The van der Waals surface area contributed by atoms with Crippen molar-refractivity contribution in [1.29, 1.82) is 0 Å². The molecule has 0 aromatic rings. The van der Waals surface area contributed by atoms with Gasteiger partial charge in [0.15, 0.2) is 0 Å². The fourth-order valence-electron chi connectivity index (χ4n) is 7.88. The Balaban J connectivity index is 1.64. The van der Waals surface area contributed by atoms with Gasteiger partial charge in [0.2, 0.25) is 0 Å². The molecule has 0 aliphatic heterocycles. The molecule has 142 valence electrons. The topological polar surface area (TPSA) is 77.8 Å². The van der Waals surface area contributed by atoms with Crippen molar-refractivity contribution in [3.05, 3.63) is 0 Å². The van der Waals surface area contributed by atoms with E-state index in [1.54, 1.807) is 0 Å². The second kappa shape index (κ2) is 5.77. The maximum Gasteiger partial charge on any atom is 0.275 e. The Bertz CT molecular complexity index is 553. The van der Waals surface area contributed by atoms with Crippen LogP contribution in [-0.2, 0) is 4.79 Å². The fraction of sp³-hybridized carbons (Fsp3) is 0.952. The molecule has 0 amide bonds. The van der Waals surface area contributed by atoms with Gasteiger partial charge in [0.25, 0.3) is 5.97 Å². The summed E-state index contributed by atoms with van der Waals surface area (Å²) >= 11 is 0. The predicted molar refractivity (Wildman–Crippen MR) is 94.2 cm³/mol. The lowest BCUT2D eigenvalue weighted by Crippen LogP contribution is -2.57. The van der Waals surface area contributed by atoms with E-state index in [1.165, 1.54) is 32.1 Å². The van der Waals surface area contributed by atoms with Crippen molar-refractivity contribution in [2.45, 2.75) is 84.0 Å². The summed E-state index contributed by atoms with van der Waals surface area (Å²) < 4.78 is 0. The summed E-state index contributed by atoms with van der Waals surface area (Å²) in [4.78, 5) is 13.4. The fourth-order valence-corrected chi connectivity index (χ4v) is 7.88. The number of hydrogen-bond donors (Lipinski definition) is 3. The van der Waals surface area contributed by atoms with Gasteiger partial charge in [0.05, 0.1) is 0 Å². The average molecular weight is 350 g/mol. The molecule has 4 aliphatic carbocycles. The second-order valence-corrected chi connectivity index (χ2v) is 10.2. The van der Waals surface area contributed by atoms with E-state index in [0.717, 1.165) is 19.3 Å². The molecule has 4 nitrogen and oxygen atoms in total. The van der Waals surface area contributed by atoms with E-state index in [0.29, 0.717) is 30.0 Å². The number of rotatable bonds is 2. The molecule has 0 saturated heterocycles. The van der Waals surface area contributed by atoms with Crippen molar-refractivity contribution >= 4 is 5.78 Å². The molecule has 4 aliphatic rings. The summed E-state index contributed by atoms with van der Waals surface area (Å²) in [5, 5.41) is 28.5. The number of carbonyl (C=O) groups excluding carboxylic acids is 1. The van der Waals surface area contributed by atoms with E-state index in [1.807, 2.05) is 0 Å². The summed E-state index contributed by atoms with van der Waals surface area (Å²) in [6, 6.07) is 0.